The third-order valence-electron chi connectivity index (χ3n) is 4.19. The van der Waals surface area contributed by atoms with E-state index in [9.17, 15) is 22.8 Å². The van der Waals surface area contributed by atoms with E-state index < -0.39 is 34.5 Å². The number of sulfonamides is 1. The maximum atomic E-state index is 12.2. The Morgan fingerprint density at radius 1 is 0.969 bits per heavy atom. The van der Waals surface area contributed by atoms with E-state index in [1.165, 1.54) is 43.4 Å². The van der Waals surface area contributed by atoms with Crippen LogP contribution in [0.3, 0.4) is 0 Å². The van der Waals surface area contributed by atoms with Crippen molar-refractivity contribution in [1.82, 2.24) is 4.72 Å². The normalized spacial score (nSPS) is 11.0. The molecule has 0 aromatic heterocycles. The van der Waals surface area contributed by atoms with E-state index in [4.69, 9.17) is 21.1 Å². The molecule has 1 amide bonds. The van der Waals surface area contributed by atoms with E-state index in [1.54, 1.807) is 0 Å². The summed E-state index contributed by atoms with van der Waals surface area (Å²) in [5, 5.41) is 2.46. The molecule has 0 spiro atoms. The van der Waals surface area contributed by atoms with Gasteiger partial charge in [0.05, 0.1) is 22.8 Å². The van der Waals surface area contributed by atoms with Gasteiger partial charge in [0.25, 0.3) is 5.91 Å². The number of hydrogen-bond acceptors (Lipinski definition) is 7. The predicted octanol–water partition coefficient (Wildman–Crippen LogP) is 3.00. The van der Waals surface area contributed by atoms with Crippen LogP contribution >= 0.6 is 11.6 Å². The molecule has 0 unspecified atom stereocenters. The van der Waals surface area contributed by atoms with Crippen LogP contribution in [0.2, 0.25) is 5.02 Å². The second kappa shape index (κ2) is 11.6. The van der Waals surface area contributed by atoms with Crippen molar-refractivity contribution in [2.75, 3.05) is 25.6 Å². The zero-order chi connectivity index (χ0) is 23.7. The van der Waals surface area contributed by atoms with Crippen LogP contribution in [0.25, 0.3) is 0 Å². The number of hydrogen-bond donors (Lipinski definition) is 2. The third kappa shape index (κ3) is 7.04. The van der Waals surface area contributed by atoms with Crippen LogP contribution in [-0.2, 0) is 24.3 Å². The molecule has 0 saturated carbocycles. The average molecular weight is 483 g/mol. The van der Waals surface area contributed by atoms with Crippen LogP contribution in [0.1, 0.15) is 40.5 Å². The Morgan fingerprint density at radius 2 is 1.59 bits per heavy atom. The van der Waals surface area contributed by atoms with Crippen LogP contribution in [0.15, 0.2) is 47.4 Å². The Labute approximate surface area is 191 Å². The molecule has 9 nitrogen and oxygen atoms in total. The number of unbranched alkanes of at least 4 members (excludes halogenated alkanes) is 1. The molecule has 0 fully saturated rings. The minimum Gasteiger partial charge on any atom is -0.462 e. The van der Waals surface area contributed by atoms with Gasteiger partial charge >= 0.3 is 11.9 Å². The number of carbonyl (C=O) groups is 3. The first-order valence-electron chi connectivity index (χ1n) is 9.65. The van der Waals surface area contributed by atoms with Crippen LogP contribution in [-0.4, -0.2) is 46.5 Å². The molecule has 0 aliphatic rings. The van der Waals surface area contributed by atoms with Crippen LogP contribution < -0.4 is 10.0 Å². The maximum Gasteiger partial charge on any atom is 0.338 e. The molecule has 32 heavy (non-hydrogen) atoms. The predicted molar refractivity (Wildman–Crippen MR) is 118 cm³/mol. The molecule has 0 radical (unpaired) electrons. The van der Waals surface area contributed by atoms with Crippen molar-refractivity contribution in [3.63, 3.8) is 0 Å². The minimum atomic E-state index is -3.88. The molecule has 0 atom stereocenters. The number of amides is 1. The quantitative estimate of drug-likeness (QED) is 0.393. The van der Waals surface area contributed by atoms with Gasteiger partial charge in [0, 0.05) is 5.69 Å². The number of rotatable bonds is 10. The molecule has 0 saturated heterocycles. The van der Waals surface area contributed by atoms with Crippen molar-refractivity contribution in [3.8, 4) is 0 Å². The number of anilines is 1. The molecular formula is C21H23ClN2O7S. The van der Waals surface area contributed by atoms with Crippen molar-refractivity contribution in [1.29, 1.82) is 0 Å². The summed E-state index contributed by atoms with van der Waals surface area (Å²) >= 11 is 5.88. The number of carbonyl (C=O) groups excluding carboxylic acids is 3. The van der Waals surface area contributed by atoms with Crippen molar-refractivity contribution in [2.45, 2.75) is 24.7 Å². The highest BCUT2D eigenvalue weighted by Crippen LogP contribution is 2.22. The summed E-state index contributed by atoms with van der Waals surface area (Å²) in [5.74, 6) is -1.96. The number of nitrogens with one attached hydrogen (secondary N) is 2. The van der Waals surface area contributed by atoms with Crippen LogP contribution in [0.4, 0.5) is 5.69 Å². The van der Waals surface area contributed by atoms with Gasteiger partial charge < -0.3 is 14.8 Å². The van der Waals surface area contributed by atoms with E-state index >= 15 is 0 Å². The van der Waals surface area contributed by atoms with E-state index in [0.717, 1.165) is 18.9 Å². The summed E-state index contributed by atoms with van der Waals surface area (Å²) < 4.78 is 36.1. The highest BCUT2D eigenvalue weighted by Gasteiger charge is 2.19. The monoisotopic (exact) mass is 482 g/mol. The van der Waals surface area contributed by atoms with Gasteiger partial charge in [-0.05, 0) is 55.9 Å². The molecule has 0 aliphatic heterocycles. The second-order valence-electron chi connectivity index (χ2n) is 6.54. The molecule has 0 bridgehead atoms. The Morgan fingerprint density at radius 3 is 2.22 bits per heavy atom. The molecule has 2 N–H and O–H groups in total. The zero-order valence-corrected chi connectivity index (χ0v) is 19.1. The number of halogens is 1. The lowest BCUT2D eigenvalue weighted by Gasteiger charge is -2.09. The maximum absolute atomic E-state index is 12.2. The Bertz CT molecular complexity index is 1090. The van der Waals surface area contributed by atoms with Gasteiger partial charge in [-0.1, -0.05) is 24.9 Å². The summed E-state index contributed by atoms with van der Waals surface area (Å²) in [6, 6.07) is 9.65. The molecule has 0 heterocycles. The fourth-order valence-electron chi connectivity index (χ4n) is 2.44. The molecule has 2 aromatic carbocycles. The first-order valence-corrected chi connectivity index (χ1v) is 11.5. The summed E-state index contributed by atoms with van der Waals surface area (Å²) in [6.45, 7) is 1.73. The van der Waals surface area contributed by atoms with E-state index in [1.807, 2.05) is 6.92 Å². The topological polar surface area (TPSA) is 128 Å². The first kappa shape index (κ1) is 25.3. The van der Waals surface area contributed by atoms with Gasteiger partial charge in [0.2, 0.25) is 10.0 Å². The summed E-state index contributed by atoms with van der Waals surface area (Å²) in [7, 11) is -2.66. The van der Waals surface area contributed by atoms with Gasteiger partial charge in [-0.25, -0.2) is 22.7 Å². The lowest BCUT2D eigenvalue weighted by molar-refractivity contribution is -0.119. The van der Waals surface area contributed by atoms with E-state index in [-0.39, 0.29) is 15.5 Å². The summed E-state index contributed by atoms with van der Waals surface area (Å²) in [6.07, 6.45) is 1.69. The number of esters is 2. The highest BCUT2D eigenvalue weighted by atomic mass is 35.5. The molecule has 2 rings (SSSR count). The van der Waals surface area contributed by atoms with Gasteiger partial charge in [0.15, 0.2) is 6.61 Å². The average Bonchev–Trinajstić information content (AvgIpc) is 2.78. The first-order chi connectivity index (χ1) is 15.2. The molecule has 0 aliphatic carbocycles. The molecule has 172 valence electrons. The smallest absolute Gasteiger partial charge is 0.338 e. The molecular weight excluding hydrogens is 460 g/mol. The van der Waals surface area contributed by atoms with Gasteiger partial charge in [-0.2, -0.15) is 0 Å². The van der Waals surface area contributed by atoms with E-state index in [0.29, 0.717) is 17.9 Å². The number of ether oxygens (including phenoxy) is 2. The third-order valence-corrected chi connectivity index (χ3v) is 6.09. The van der Waals surface area contributed by atoms with Crippen molar-refractivity contribution >= 4 is 45.2 Å². The Hall–Kier alpha value is -2.95. The van der Waals surface area contributed by atoms with Gasteiger partial charge in [-0.15, -0.1) is 0 Å². The Kier molecular flexibility index (Phi) is 9.18. The lowest BCUT2D eigenvalue weighted by Crippen LogP contribution is -2.22. The van der Waals surface area contributed by atoms with Crippen LogP contribution in [0.5, 0.6) is 0 Å². The van der Waals surface area contributed by atoms with Crippen molar-refractivity contribution < 1.29 is 32.3 Å². The Balaban J connectivity index is 1.92. The lowest BCUT2D eigenvalue weighted by atomic mass is 10.2. The highest BCUT2D eigenvalue weighted by molar-refractivity contribution is 7.89. The van der Waals surface area contributed by atoms with E-state index in [2.05, 4.69) is 10.0 Å². The largest absolute Gasteiger partial charge is 0.462 e. The molecule has 2 aromatic rings. The SMILES string of the molecule is CCCCOC(=O)c1ccc(NC(=O)COC(=O)c2ccc(Cl)c(S(=O)(=O)NC)c2)cc1. The zero-order valence-electron chi connectivity index (χ0n) is 17.5. The summed E-state index contributed by atoms with van der Waals surface area (Å²) in [5.41, 5.74) is 0.660. The second-order valence-corrected chi connectivity index (χ2v) is 8.81. The summed E-state index contributed by atoms with van der Waals surface area (Å²) in [4.78, 5) is 35.8. The van der Waals surface area contributed by atoms with Crippen molar-refractivity contribution in [3.05, 3.63) is 58.6 Å². The standard InChI is InChI=1S/C21H23ClN2O7S/c1-3-4-11-30-20(26)14-5-8-16(9-6-14)24-19(25)13-31-21(27)15-7-10-17(22)18(12-15)32(28,29)23-2/h5-10,12,23H,3-4,11,13H2,1-2H3,(H,24,25). The number of benzene rings is 2. The van der Waals surface area contributed by atoms with Gasteiger partial charge in [-0.3, -0.25) is 4.79 Å². The molecule has 11 heteroatoms. The minimum absolute atomic E-state index is 0.0636. The van der Waals surface area contributed by atoms with Crippen molar-refractivity contribution in [2.24, 2.45) is 0 Å². The van der Waals surface area contributed by atoms with Crippen LogP contribution in [0, 0.1) is 0 Å². The fourth-order valence-corrected chi connectivity index (χ4v) is 3.69. The fraction of sp³-hybridized carbons (Fsp3) is 0.286. The van der Waals surface area contributed by atoms with Gasteiger partial charge in [0.1, 0.15) is 4.90 Å².